The van der Waals surface area contributed by atoms with E-state index >= 15 is 0 Å². The summed E-state index contributed by atoms with van der Waals surface area (Å²) in [6.45, 7) is 5.04. The van der Waals surface area contributed by atoms with E-state index in [1.165, 1.54) is 11.1 Å². The molecule has 1 heterocycles. The highest BCUT2D eigenvalue weighted by Crippen LogP contribution is 2.25. The molecule has 0 fully saturated rings. The van der Waals surface area contributed by atoms with Crippen molar-refractivity contribution in [1.29, 1.82) is 0 Å². The average molecular weight is 538 g/mol. The number of hydrogen-bond donors (Lipinski definition) is 3. The van der Waals surface area contributed by atoms with Crippen LogP contribution in [0.5, 0.6) is 11.5 Å². The van der Waals surface area contributed by atoms with Crippen LogP contribution < -0.4 is 25.8 Å². The summed E-state index contributed by atoms with van der Waals surface area (Å²) in [6.07, 6.45) is 2.75. The van der Waals surface area contributed by atoms with E-state index in [1.54, 1.807) is 0 Å². The first kappa shape index (κ1) is 24.8. The number of amides is 1. The van der Waals surface area contributed by atoms with Crippen molar-refractivity contribution in [2.24, 2.45) is 10.7 Å². The number of carbonyl (C=O) groups is 1. The highest BCUT2D eigenvalue weighted by Gasteiger charge is 2.11. The molecule has 0 spiro atoms. The number of ether oxygens (including phenoxy) is 2. The molecule has 0 unspecified atom stereocenters. The first-order valence-electron chi connectivity index (χ1n) is 10.4. The van der Waals surface area contributed by atoms with Gasteiger partial charge in [0, 0.05) is 26.1 Å². The van der Waals surface area contributed by atoms with Gasteiger partial charge in [-0.1, -0.05) is 24.3 Å². The number of carbonyl (C=O) groups excluding carboxylic acids is 1. The van der Waals surface area contributed by atoms with Gasteiger partial charge in [-0.15, -0.1) is 24.0 Å². The minimum atomic E-state index is -0.484. The maximum atomic E-state index is 10.8. The number of guanidine groups is 1. The molecular weight excluding hydrogens is 507 g/mol. The smallest absolute Gasteiger partial charge is 0.255 e. The van der Waals surface area contributed by atoms with Gasteiger partial charge in [0.25, 0.3) is 5.91 Å². The number of nitrogens with one attached hydrogen (secondary N) is 2. The Hall–Kier alpha value is -2.49. The molecule has 8 heteroatoms. The molecule has 0 bridgehead atoms. The zero-order valence-electron chi connectivity index (χ0n) is 17.9. The molecule has 1 amide bonds. The Labute approximate surface area is 200 Å². The van der Waals surface area contributed by atoms with Gasteiger partial charge in [0.05, 0.1) is 6.61 Å². The lowest BCUT2D eigenvalue weighted by molar-refractivity contribution is -0.119. The van der Waals surface area contributed by atoms with Gasteiger partial charge < -0.3 is 25.8 Å². The topological polar surface area (TPSA) is 98.0 Å². The van der Waals surface area contributed by atoms with Crippen molar-refractivity contribution in [3.05, 3.63) is 59.2 Å². The van der Waals surface area contributed by atoms with Gasteiger partial charge in [0.15, 0.2) is 12.6 Å². The number of halogens is 1. The van der Waals surface area contributed by atoms with E-state index in [2.05, 4.69) is 40.7 Å². The molecular formula is C23H31IN4O3. The van der Waals surface area contributed by atoms with Crippen LogP contribution in [0.3, 0.4) is 0 Å². The third-order valence-corrected chi connectivity index (χ3v) is 4.78. The van der Waals surface area contributed by atoms with Gasteiger partial charge in [0.2, 0.25) is 0 Å². The molecule has 31 heavy (non-hydrogen) atoms. The molecule has 0 radical (unpaired) electrons. The highest BCUT2D eigenvalue weighted by atomic mass is 127. The van der Waals surface area contributed by atoms with Crippen LogP contribution in [0.15, 0.2) is 47.5 Å². The molecule has 7 nitrogen and oxygen atoms in total. The second kappa shape index (κ2) is 13.0. The largest absolute Gasteiger partial charge is 0.493 e. The number of rotatable bonds is 10. The molecule has 2 aromatic rings. The predicted octanol–water partition coefficient (Wildman–Crippen LogP) is 2.44. The monoisotopic (exact) mass is 538 g/mol. The number of hydrogen-bond acceptors (Lipinski definition) is 4. The van der Waals surface area contributed by atoms with Crippen LogP contribution in [0.1, 0.15) is 23.6 Å². The van der Waals surface area contributed by atoms with E-state index in [4.69, 9.17) is 15.2 Å². The normalized spacial score (nSPS) is 12.4. The van der Waals surface area contributed by atoms with Crippen molar-refractivity contribution in [3.63, 3.8) is 0 Å². The van der Waals surface area contributed by atoms with E-state index in [0.717, 1.165) is 56.2 Å². The van der Waals surface area contributed by atoms with E-state index in [0.29, 0.717) is 12.3 Å². The van der Waals surface area contributed by atoms with Crippen LogP contribution in [0.4, 0.5) is 0 Å². The Bertz CT molecular complexity index is 872. The fourth-order valence-electron chi connectivity index (χ4n) is 3.27. The minimum Gasteiger partial charge on any atom is -0.493 e. The molecule has 4 N–H and O–H groups in total. The van der Waals surface area contributed by atoms with Gasteiger partial charge in [0.1, 0.15) is 11.5 Å². The summed E-state index contributed by atoms with van der Waals surface area (Å²) in [5.74, 6) is 1.99. The van der Waals surface area contributed by atoms with Crippen molar-refractivity contribution in [1.82, 2.24) is 10.6 Å². The fourth-order valence-corrected chi connectivity index (χ4v) is 3.27. The minimum absolute atomic E-state index is 0. The Morgan fingerprint density at radius 2 is 1.90 bits per heavy atom. The van der Waals surface area contributed by atoms with Gasteiger partial charge in [-0.25, -0.2) is 0 Å². The van der Waals surface area contributed by atoms with Crippen molar-refractivity contribution in [3.8, 4) is 11.5 Å². The van der Waals surface area contributed by atoms with E-state index in [-0.39, 0.29) is 30.6 Å². The first-order valence-corrected chi connectivity index (χ1v) is 10.4. The lowest BCUT2D eigenvalue weighted by Crippen LogP contribution is -2.38. The summed E-state index contributed by atoms with van der Waals surface area (Å²) >= 11 is 0. The molecule has 168 valence electrons. The molecule has 2 aromatic carbocycles. The fraction of sp³-hybridized carbons (Fsp3) is 0.391. The second-order valence-electron chi connectivity index (χ2n) is 7.13. The first-order chi connectivity index (χ1) is 14.6. The van der Waals surface area contributed by atoms with Gasteiger partial charge in [-0.05, 0) is 54.7 Å². The van der Waals surface area contributed by atoms with Crippen molar-refractivity contribution in [2.45, 2.75) is 26.2 Å². The average Bonchev–Trinajstić information content (AvgIpc) is 3.21. The summed E-state index contributed by atoms with van der Waals surface area (Å²) < 4.78 is 10.8. The second-order valence-corrected chi connectivity index (χ2v) is 7.13. The number of benzene rings is 2. The Balaban J connectivity index is 0.00000341. The van der Waals surface area contributed by atoms with E-state index in [1.807, 2.05) is 24.3 Å². The summed E-state index contributed by atoms with van der Waals surface area (Å²) in [5, 5.41) is 6.69. The molecule has 0 aromatic heterocycles. The number of nitrogens with two attached hydrogens (primary N) is 1. The zero-order chi connectivity index (χ0) is 21.2. The van der Waals surface area contributed by atoms with Gasteiger partial charge in [-0.3, -0.25) is 9.79 Å². The Kier molecular flexibility index (Phi) is 10.4. The van der Waals surface area contributed by atoms with Crippen molar-refractivity contribution >= 4 is 35.8 Å². The maximum Gasteiger partial charge on any atom is 0.255 e. The number of nitrogens with zero attached hydrogens (tertiary/aromatic N) is 1. The summed E-state index contributed by atoms with van der Waals surface area (Å²) in [4.78, 5) is 15.4. The van der Waals surface area contributed by atoms with Crippen molar-refractivity contribution in [2.75, 3.05) is 32.8 Å². The summed E-state index contributed by atoms with van der Waals surface area (Å²) in [7, 11) is 0. The molecule has 0 atom stereocenters. The Morgan fingerprint density at radius 1 is 1.13 bits per heavy atom. The molecule has 0 saturated carbocycles. The van der Waals surface area contributed by atoms with Crippen LogP contribution in [-0.4, -0.2) is 44.7 Å². The number of aliphatic imine (C=N–C) groups is 1. The van der Waals surface area contributed by atoms with Crippen LogP contribution in [0, 0.1) is 0 Å². The molecule has 1 aliphatic rings. The SMILES string of the molecule is CCNC(=NCCc1ccc(OCC(N)=O)cc1)NCCc1ccc2c(c1)CCO2.I. The van der Waals surface area contributed by atoms with E-state index < -0.39 is 5.91 Å². The standard InChI is InChI=1S/C23H30N4O3.HI/c1-2-25-23(27-13-10-18-5-8-21-19(15-18)11-14-29-21)26-12-9-17-3-6-20(7-4-17)30-16-22(24)28;/h3-8,15H,2,9-14,16H2,1H3,(H2,24,28)(H2,25,26,27);1H. The number of fused-ring (bicyclic) bond motifs is 1. The van der Waals surface area contributed by atoms with E-state index in [9.17, 15) is 4.79 Å². The Morgan fingerprint density at radius 3 is 2.65 bits per heavy atom. The van der Waals surface area contributed by atoms with Crippen molar-refractivity contribution < 1.29 is 14.3 Å². The lowest BCUT2D eigenvalue weighted by atomic mass is 10.1. The number of primary amides is 1. The predicted molar refractivity (Wildman–Crippen MR) is 134 cm³/mol. The highest BCUT2D eigenvalue weighted by molar-refractivity contribution is 14.0. The maximum absolute atomic E-state index is 10.8. The quantitative estimate of drug-likeness (QED) is 0.245. The van der Waals surface area contributed by atoms with Crippen LogP contribution in [0.2, 0.25) is 0 Å². The van der Waals surface area contributed by atoms with Gasteiger partial charge in [-0.2, -0.15) is 0 Å². The summed E-state index contributed by atoms with van der Waals surface area (Å²) in [5.41, 5.74) is 8.85. The molecule has 3 rings (SSSR count). The third kappa shape index (κ3) is 8.28. The molecule has 0 saturated heterocycles. The summed E-state index contributed by atoms with van der Waals surface area (Å²) in [6, 6.07) is 14.1. The molecule has 0 aliphatic carbocycles. The third-order valence-electron chi connectivity index (χ3n) is 4.78. The van der Waals surface area contributed by atoms with Crippen LogP contribution >= 0.6 is 24.0 Å². The van der Waals surface area contributed by atoms with Crippen LogP contribution in [-0.2, 0) is 24.1 Å². The zero-order valence-corrected chi connectivity index (χ0v) is 20.2. The van der Waals surface area contributed by atoms with Crippen LogP contribution in [0.25, 0.3) is 0 Å². The molecule has 1 aliphatic heterocycles. The van der Waals surface area contributed by atoms with Gasteiger partial charge >= 0.3 is 0 Å². The lowest BCUT2D eigenvalue weighted by Gasteiger charge is -2.12.